The van der Waals surface area contributed by atoms with E-state index in [2.05, 4.69) is 0 Å². The highest BCUT2D eigenvalue weighted by molar-refractivity contribution is 4.67. The van der Waals surface area contributed by atoms with Crippen molar-refractivity contribution in [1.29, 1.82) is 0 Å². The normalized spacial score (nSPS) is 13.5. The minimum absolute atomic E-state index is 0.188. The molecule has 0 radical (unpaired) electrons. The third-order valence-electron chi connectivity index (χ3n) is 0.884. The van der Waals surface area contributed by atoms with Crippen molar-refractivity contribution in [2.45, 2.75) is 38.0 Å². The number of alkyl halides is 10. The fraction of sp³-hybridized carbons (Fsp3) is 1.00. The molecular formula is C6H6F10. The molecule has 0 aromatic heterocycles. The first-order valence-corrected chi connectivity index (χ1v) is 3.46. The lowest BCUT2D eigenvalue weighted by atomic mass is 10.4. The van der Waals surface area contributed by atoms with Gasteiger partial charge < -0.3 is 0 Å². The minimum atomic E-state index is -5.40. The predicted octanol–water partition coefficient (Wildman–Crippen LogP) is 4.41. The average Bonchev–Trinajstić information content (AvgIpc) is 1.74. The molecule has 0 spiro atoms. The van der Waals surface area contributed by atoms with Gasteiger partial charge in [0, 0.05) is 6.92 Å². The average molecular weight is 268 g/mol. The molecule has 0 nitrogen and oxygen atoms in total. The SMILES string of the molecule is CC(F)(F)C(F)(F)F.FC(F)CC(F)(F)F. The Morgan fingerprint density at radius 3 is 1.06 bits per heavy atom. The van der Waals surface area contributed by atoms with Gasteiger partial charge in [-0.25, -0.2) is 8.78 Å². The summed E-state index contributed by atoms with van der Waals surface area (Å²) in [5.41, 5.74) is 0. The molecule has 0 aliphatic carbocycles. The van der Waals surface area contributed by atoms with E-state index in [0.29, 0.717) is 0 Å². The van der Waals surface area contributed by atoms with E-state index < -0.39 is 31.1 Å². The van der Waals surface area contributed by atoms with Gasteiger partial charge in [-0.1, -0.05) is 0 Å². The third kappa shape index (κ3) is 11.4. The second-order valence-electron chi connectivity index (χ2n) is 2.60. The predicted molar refractivity (Wildman–Crippen MR) is 33.4 cm³/mol. The molecule has 0 aliphatic heterocycles. The molecular weight excluding hydrogens is 262 g/mol. The summed E-state index contributed by atoms with van der Waals surface area (Å²) < 4.78 is 109. The maximum Gasteiger partial charge on any atom is 0.452 e. The summed E-state index contributed by atoms with van der Waals surface area (Å²) in [6, 6.07) is 0. The van der Waals surface area contributed by atoms with Crippen LogP contribution in [0.3, 0.4) is 0 Å². The van der Waals surface area contributed by atoms with Gasteiger partial charge in [0.05, 0.1) is 0 Å². The number of halogens is 10. The van der Waals surface area contributed by atoms with Gasteiger partial charge in [0.15, 0.2) is 0 Å². The first kappa shape index (κ1) is 17.7. The highest BCUT2D eigenvalue weighted by Gasteiger charge is 2.52. The van der Waals surface area contributed by atoms with Gasteiger partial charge >= 0.3 is 18.3 Å². The van der Waals surface area contributed by atoms with Crippen molar-refractivity contribution in [2.24, 2.45) is 0 Å². The summed E-state index contributed by atoms with van der Waals surface area (Å²) >= 11 is 0. The zero-order valence-electron chi connectivity index (χ0n) is 7.56. The van der Waals surface area contributed by atoms with Crippen molar-refractivity contribution in [3.8, 4) is 0 Å². The smallest absolute Gasteiger partial charge is 0.210 e. The highest BCUT2D eigenvalue weighted by Crippen LogP contribution is 2.34. The quantitative estimate of drug-likeness (QED) is 0.618. The molecule has 100 valence electrons. The monoisotopic (exact) mass is 268 g/mol. The van der Waals surface area contributed by atoms with Gasteiger partial charge in [-0.3, -0.25) is 0 Å². The van der Waals surface area contributed by atoms with Crippen LogP contribution in [0.5, 0.6) is 0 Å². The van der Waals surface area contributed by atoms with Gasteiger partial charge in [0.2, 0.25) is 6.43 Å². The third-order valence-corrected chi connectivity index (χ3v) is 0.884. The Morgan fingerprint density at radius 2 is 1.06 bits per heavy atom. The molecule has 0 N–H and O–H groups in total. The van der Waals surface area contributed by atoms with Crippen LogP contribution in [0, 0.1) is 0 Å². The maximum absolute atomic E-state index is 11.1. The fourth-order valence-corrected chi connectivity index (χ4v) is 0.175. The summed E-state index contributed by atoms with van der Waals surface area (Å²) in [4.78, 5) is 0. The van der Waals surface area contributed by atoms with Crippen molar-refractivity contribution < 1.29 is 43.9 Å². The standard InChI is InChI=1S/2C3H3F5/c1-2(4,5)3(6,7)8;4-2(5)1-3(6,7)8/h1H3;2H,1H2. The molecule has 0 rings (SSSR count). The van der Waals surface area contributed by atoms with E-state index in [-0.39, 0.29) is 6.92 Å². The van der Waals surface area contributed by atoms with E-state index in [1.807, 2.05) is 0 Å². The summed E-state index contributed by atoms with van der Waals surface area (Å²) in [6.45, 7) is -0.188. The molecule has 0 aromatic carbocycles. The van der Waals surface area contributed by atoms with Crippen molar-refractivity contribution in [3.05, 3.63) is 0 Å². The molecule has 0 fully saturated rings. The summed E-state index contributed by atoms with van der Waals surface area (Å²) in [5.74, 6) is -4.56. The number of hydrogen-bond donors (Lipinski definition) is 0. The number of hydrogen-bond acceptors (Lipinski definition) is 0. The molecule has 0 unspecified atom stereocenters. The van der Waals surface area contributed by atoms with Crippen LogP contribution >= 0.6 is 0 Å². The van der Waals surface area contributed by atoms with E-state index >= 15 is 0 Å². The van der Waals surface area contributed by atoms with Gasteiger partial charge in [-0.15, -0.1) is 0 Å². The Hall–Kier alpha value is -0.700. The second-order valence-corrected chi connectivity index (χ2v) is 2.60. The zero-order chi connectivity index (χ0) is 13.8. The topological polar surface area (TPSA) is 0 Å². The Balaban J connectivity index is 0. The van der Waals surface area contributed by atoms with Crippen LogP contribution in [0.25, 0.3) is 0 Å². The number of rotatable bonds is 1. The highest BCUT2D eigenvalue weighted by atomic mass is 19.4. The van der Waals surface area contributed by atoms with Crippen molar-refractivity contribution in [3.63, 3.8) is 0 Å². The van der Waals surface area contributed by atoms with E-state index in [1.165, 1.54) is 0 Å². The molecule has 0 aliphatic rings. The second kappa shape index (κ2) is 5.58. The van der Waals surface area contributed by atoms with Gasteiger partial charge in [-0.05, 0) is 0 Å². The van der Waals surface area contributed by atoms with Gasteiger partial charge in [0.1, 0.15) is 6.42 Å². The van der Waals surface area contributed by atoms with Crippen molar-refractivity contribution >= 4 is 0 Å². The van der Waals surface area contributed by atoms with Crippen LogP contribution < -0.4 is 0 Å². The summed E-state index contributed by atoms with van der Waals surface area (Å²) in [6.07, 6.45) is -15.4. The van der Waals surface area contributed by atoms with Crippen LogP contribution in [0.15, 0.2) is 0 Å². The lowest BCUT2D eigenvalue weighted by Crippen LogP contribution is -2.32. The van der Waals surface area contributed by atoms with Gasteiger partial charge in [0.25, 0.3) is 0 Å². The van der Waals surface area contributed by atoms with Crippen LogP contribution in [-0.2, 0) is 0 Å². The molecule has 0 atom stereocenters. The van der Waals surface area contributed by atoms with E-state index in [1.54, 1.807) is 0 Å². The lowest BCUT2D eigenvalue weighted by Gasteiger charge is -2.12. The molecule has 16 heavy (non-hydrogen) atoms. The largest absolute Gasteiger partial charge is 0.452 e. The van der Waals surface area contributed by atoms with Crippen LogP contribution in [0.4, 0.5) is 43.9 Å². The summed E-state index contributed by atoms with van der Waals surface area (Å²) in [7, 11) is 0. The molecule has 0 saturated carbocycles. The lowest BCUT2D eigenvalue weighted by molar-refractivity contribution is -0.273. The van der Waals surface area contributed by atoms with E-state index in [9.17, 15) is 43.9 Å². The molecule has 0 bridgehead atoms. The molecule has 0 heterocycles. The Kier molecular flexibility index (Phi) is 6.16. The Labute approximate surface area is 83.2 Å². The zero-order valence-corrected chi connectivity index (χ0v) is 7.56. The maximum atomic E-state index is 11.1. The van der Waals surface area contributed by atoms with Crippen LogP contribution in [0.1, 0.15) is 13.3 Å². The van der Waals surface area contributed by atoms with Crippen molar-refractivity contribution in [1.82, 2.24) is 0 Å². The Morgan fingerprint density at radius 1 is 0.812 bits per heavy atom. The fourth-order valence-electron chi connectivity index (χ4n) is 0.175. The molecule has 0 saturated heterocycles. The summed E-state index contributed by atoms with van der Waals surface area (Å²) in [5, 5.41) is 0. The van der Waals surface area contributed by atoms with Gasteiger partial charge in [-0.2, -0.15) is 35.1 Å². The first-order valence-electron chi connectivity index (χ1n) is 3.46. The molecule has 10 heteroatoms. The minimum Gasteiger partial charge on any atom is -0.210 e. The van der Waals surface area contributed by atoms with Crippen LogP contribution in [0.2, 0.25) is 0 Å². The molecule has 0 amide bonds. The molecule has 0 aromatic rings. The Bertz CT molecular complexity index is 169. The van der Waals surface area contributed by atoms with Crippen molar-refractivity contribution in [2.75, 3.05) is 0 Å². The van der Waals surface area contributed by atoms with E-state index in [4.69, 9.17) is 0 Å². The van der Waals surface area contributed by atoms with E-state index in [0.717, 1.165) is 0 Å². The van der Waals surface area contributed by atoms with Crippen LogP contribution in [-0.4, -0.2) is 24.7 Å². The first-order chi connectivity index (χ1) is 6.67.